The van der Waals surface area contributed by atoms with Gasteiger partial charge in [-0.05, 0) is 48.0 Å². The lowest BCUT2D eigenvalue weighted by molar-refractivity contribution is 0.0951. The predicted octanol–water partition coefficient (Wildman–Crippen LogP) is 4.72. The molecule has 0 unspecified atom stereocenters. The largest absolute Gasteiger partial charge is 0.348 e. The molecule has 0 fully saturated rings. The second-order valence-electron chi connectivity index (χ2n) is 5.92. The maximum atomic E-state index is 12.5. The highest BCUT2D eigenvalue weighted by molar-refractivity contribution is 7.92. The number of carbonyl (C=O) groups excluding carboxylic acids is 1. The lowest BCUT2D eigenvalue weighted by atomic mass is 10.1. The Labute approximate surface area is 173 Å². The van der Waals surface area contributed by atoms with Crippen LogP contribution in [0.1, 0.15) is 15.9 Å². The lowest BCUT2D eigenvalue weighted by Crippen LogP contribution is -2.23. The van der Waals surface area contributed by atoms with Crippen LogP contribution in [0.4, 0.5) is 5.69 Å². The summed E-state index contributed by atoms with van der Waals surface area (Å²) < 4.78 is 27.4. The molecule has 0 heterocycles. The Kier molecular flexibility index (Phi) is 6.24. The van der Waals surface area contributed by atoms with Crippen LogP contribution in [0.25, 0.3) is 0 Å². The first-order chi connectivity index (χ1) is 13.3. The molecule has 2 N–H and O–H groups in total. The summed E-state index contributed by atoms with van der Waals surface area (Å²) in [6, 6.07) is 19.5. The third kappa shape index (κ3) is 5.04. The first-order valence-corrected chi connectivity index (χ1v) is 10.5. The number of halogens is 2. The van der Waals surface area contributed by atoms with Crippen LogP contribution < -0.4 is 10.0 Å². The van der Waals surface area contributed by atoms with Gasteiger partial charge in [-0.3, -0.25) is 9.52 Å². The van der Waals surface area contributed by atoms with Crippen molar-refractivity contribution in [2.24, 2.45) is 0 Å². The molecule has 0 aliphatic heterocycles. The summed E-state index contributed by atoms with van der Waals surface area (Å²) in [6.45, 7) is 0.330. The van der Waals surface area contributed by atoms with Crippen molar-refractivity contribution < 1.29 is 13.2 Å². The highest BCUT2D eigenvalue weighted by atomic mass is 35.5. The first kappa shape index (κ1) is 20.2. The molecule has 0 spiro atoms. The Balaban J connectivity index is 1.77. The van der Waals surface area contributed by atoms with Gasteiger partial charge < -0.3 is 5.32 Å². The van der Waals surface area contributed by atoms with Crippen molar-refractivity contribution in [3.63, 3.8) is 0 Å². The van der Waals surface area contributed by atoms with Gasteiger partial charge in [-0.15, -0.1) is 0 Å². The summed E-state index contributed by atoms with van der Waals surface area (Å²) in [6.07, 6.45) is 0. The van der Waals surface area contributed by atoms with E-state index < -0.39 is 15.9 Å². The Hall–Kier alpha value is -2.54. The molecule has 0 aromatic heterocycles. The van der Waals surface area contributed by atoms with Gasteiger partial charge in [0.1, 0.15) is 0 Å². The lowest BCUT2D eigenvalue weighted by Gasteiger charge is -2.11. The fourth-order valence-electron chi connectivity index (χ4n) is 2.46. The van der Waals surface area contributed by atoms with E-state index in [1.54, 1.807) is 0 Å². The van der Waals surface area contributed by atoms with Gasteiger partial charge in [0.25, 0.3) is 15.9 Å². The van der Waals surface area contributed by atoms with Crippen LogP contribution >= 0.6 is 23.2 Å². The van der Waals surface area contributed by atoms with Crippen molar-refractivity contribution in [3.8, 4) is 0 Å². The molecule has 3 rings (SSSR count). The van der Waals surface area contributed by atoms with Gasteiger partial charge in [-0.1, -0.05) is 53.5 Å². The maximum Gasteiger partial charge on any atom is 0.261 e. The van der Waals surface area contributed by atoms with Gasteiger partial charge in [0.2, 0.25) is 0 Å². The summed E-state index contributed by atoms with van der Waals surface area (Å²) in [5, 5.41) is 3.42. The fourth-order valence-corrected chi connectivity index (χ4v) is 3.84. The van der Waals surface area contributed by atoms with E-state index in [-0.39, 0.29) is 21.2 Å². The van der Waals surface area contributed by atoms with E-state index in [0.29, 0.717) is 11.6 Å². The van der Waals surface area contributed by atoms with Crippen LogP contribution in [0.15, 0.2) is 77.7 Å². The third-order valence-corrected chi connectivity index (χ3v) is 5.86. The SMILES string of the molecule is O=C(NCc1ccccc1)c1cc(NS(=O)(=O)c2ccc(Cl)cc2)ccc1Cl. The summed E-state index contributed by atoms with van der Waals surface area (Å²) in [5.41, 5.74) is 1.34. The van der Waals surface area contributed by atoms with E-state index in [2.05, 4.69) is 10.0 Å². The topological polar surface area (TPSA) is 75.3 Å². The molecule has 1 amide bonds. The van der Waals surface area contributed by atoms with E-state index in [1.807, 2.05) is 30.3 Å². The van der Waals surface area contributed by atoms with Crippen LogP contribution in [-0.4, -0.2) is 14.3 Å². The number of rotatable bonds is 6. The Morgan fingerprint density at radius 3 is 2.25 bits per heavy atom. The molecule has 0 saturated carbocycles. The molecule has 28 heavy (non-hydrogen) atoms. The third-order valence-electron chi connectivity index (χ3n) is 3.88. The molecule has 0 bridgehead atoms. The molecule has 144 valence electrons. The number of anilines is 1. The number of nitrogens with one attached hydrogen (secondary N) is 2. The van der Waals surface area contributed by atoms with Crippen molar-refractivity contribution in [2.45, 2.75) is 11.4 Å². The molecular formula is C20H16Cl2N2O3S. The Morgan fingerprint density at radius 2 is 1.57 bits per heavy atom. The van der Waals surface area contributed by atoms with Crippen molar-refractivity contribution in [1.82, 2.24) is 5.32 Å². The van der Waals surface area contributed by atoms with E-state index in [1.165, 1.54) is 42.5 Å². The van der Waals surface area contributed by atoms with Crippen molar-refractivity contribution >= 4 is 44.8 Å². The van der Waals surface area contributed by atoms with Gasteiger partial charge >= 0.3 is 0 Å². The zero-order valence-corrected chi connectivity index (χ0v) is 16.9. The molecule has 0 aliphatic carbocycles. The van der Waals surface area contributed by atoms with Crippen LogP contribution in [0, 0.1) is 0 Å². The average Bonchev–Trinajstić information content (AvgIpc) is 2.68. The molecule has 3 aromatic carbocycles. The number of benzene rings is 3. The molecule has 5 nitrogen and oxygen atoms in total. The monoisotopic (exact) mass is 434 g/mol. The molecule has 0 atom stereocenters. The highest BCUT2D eigenvalue weighted by Crippen LogP contribution is 2.23. The standard InChI is InChI=1S/C20H16Cl2N2O3S/c21-15-6-9-17(10-7-15)28(26,27)24-16-8-11-19(22)18(12-16)20(25)23-13-14-4-2-1-3-5-14/h1-12,24H,13H2,(H,23,25). The number of carbonyl (C=O) groups is 1. The van der Waals surface area contributed by atoms with Crippen molar-refractivity contribution in [1.29, 1.82) is 0 Å². The Morgan fingerprint density at radius 1 is 0.893 bits per heavy atom. The van der Waals surface area contributed by atoms with Crippen molar-refractivity contribution in [2.75, 3.05) is 4.72 Å². The second kappa shape index (κ2) is 8.65. The normalized spacial score (nSPS) is 11.1. The number of hydrogen-bond donors (Lipinski definition) is 2. The molecule has 0 saturated heterocycles. The van der Waals surface area contributed by atoms with Gasteiger partial charge in [0.05, 0.1) is 15.5 Å². The number of amides is 1. The number of sulfonamides is 1. The quantitative estimate of drug-likeness (QED) is 0.588. The van der Waals surface area contributed by atoms with Crippen LogP contribution in [-0.2, 0) is 16.6 Å². The summed E-state index contributed by atoms with van der Waals surface area (Å²) >= 11 is 11.9. The minimum absolute atomic E-state index is 0.0573. The minimum Gasteiger partial charge on any atom is -0.348 e. The van der Waals surface area contributed by atoms with Gasteiger partial charge in [0.15, 0.2) is 0 Å². The molecule has 8 heteroatoms. The number of hydrogen-bond acceptors (Lipinski definition) is 3. The summed E-state index contributed by atoms with van der Waals surface area (Å²) in [4.78, 5) is 12.5. The highest BCUT2D eigenvalue weighted by Gasteiger charge is 2.17. The van der Waals surface area contributed by atoms with Gasteiger partial charge in [-0.2, -0.15) is 0 Å². The van der Waals surface area contributed by atoms with E-state index >= 15 is 0 Å². The Bertz CT molecular complexity index is 1090. The van der Waals surface area contributed by atoms with E-state index in [4.69, 9.17) is 23.2 Å². The molecule has 0 radical (unpaired) electrons. The maximum absolute atomic E-state index is 12.5. The van der Waals surface area contributed by atoms with E-state index in [0.717, 1.165) is 5.56 Å². The van der Waals surface area contributed by atoms with Crippen LogP contribution in [0.5, 0.6) is 0 Å². The minimum atomic E-state index is -3.82. The molecule has 3 aromatic rings. The zero-order valence-electron chi connectivity index (χ0n) is 14.5. The van der Waals surface area contributed by atoms with E-state index in [9.17, 15) is 13.2 Å². The zero-order chi connectivity index (χ0) is 20.1. The predicted molar refractivity (Wildman–Crippen MR) is 111 cm³/mol. The second-order valence-corrected chi connectivity index (χ2v) is 8.45. The van der Waals surface area contributed by atoms with Crippen molar-refractivity contribution in [3.05, 3.63) is 94.0 Å². The average molecular weight is 435 g/mol. The summed E-state index contributed by atoms with van der Waals surface area (Å²) in [5.74, 6) is -0.401. The smallest absolute Gasteiger partial charge is 0.261 e. The first-order valence-electron chi connectivity index (χ1n) is 8.25. The summed E-state index contributed by atoms with van der Waals surface area (Å²) in [7, 11) is -3.82. The van der Waals surface area contributed by atoms with Gasteiger partial charge in [0, 0.05) is 17.3 Å². The van der Waals surface area contributed by atoms with Gasteiger partial charge in [-0.25, -0.2) is 8.42 Å². The van der Waals surface area contributed by atoms with Crippen LogP contribution in [0.2, 0.25) is 10.0 Å². The molecular weight excluding hydrogens is 419 g/mol. The molecule has 0 aliphatic rings. The fraction of sp³-hybridized carbons (Fsp3) is 0.0500. The van der Waals surface area contributed by atoms with Crippen LogP contribution in [0.3, 0.4) is 0 Å².